The lowest BCUT2D eigenvalue weighted by molar-refractivity contribution is -0.116. The Morgan fingerprint density at radius 3 is 2.19 bits per heavy atom. The Morgan fingerprint density at radius 2 is 1.50 bits per heavy atom. The fourth-order valence-electron chi connectivity index (χ4n) is 4.50. The molecule has 2 aromatic rings. The first kappa shape index (κ1) is 22.8. The summed E-state index contributed by atoms with van der Waals surface area (Å²) >= 11 is 0. The van der Waals surface area contributed by atoms with Gasteiger partial charge in [0.1, 0.15) is 0 Å². The average molecular weight is 456 g/mol. The lowest BCUT2D eigenvalue weighted by Gasteiger charge is -2.20. The molecule has 2 aromatic carbocycles. The third-order valence-electron chi connectivity index (χ3n) is 6.37. The van der Waals surface area contributed by atoms with Gasteiger partial charge in [-0.2, -0.15) is 4.31 Å². The number of amides is 1. The largest absolute Gasteiger partial charge is 0.371 e. The zero-order valence-electron chi connectivity index (χ0n) is 18.6. The lowest BCUT2D eigenvalue weighted by atomic mass is 10.1. The number of sulfonamides is 1. The zero-order valence-corrected chi connectivity index (χ0v) is 19.4. The van der Waals surface area contributed by atoms with Crippen LogP contribution < -0.4 is 10.2 Å². The van der Waals surface area contributed by atoms with E-state index in [0.29, 0.717) is 30.8 Å². The average Bonchev–Trinajstić information content (AvgIpc) is 3.20. The van der Waals surface area contributed by atoms with Crippen LogP contribution in [0.4, 0.5) is 11.4 Å². The highest BCUT2D eigenvalue weighted by molar-refractivity contribution is 7.89. The van der Waals surface area contributed by atoms with Gasteiger partial charge in [-0.1, -0.05) is 31.0 Å². The second-order valence-electron chi connectivity index (χ2n) is 8.75. The fraction of sp³-hybridized carbons (Fsp3) is 0.480. The first-order valence-corrected chi connectivity index (χ1v) is 13.2. The van der Waals surface area contributed by atoms with E-state index in [1.54, 1.807) is 16.4 Å². The molecule has 6 nitrogen and oxygen atoms in total. The van der Waals surface area contributed by atoms with Crippen LogP contribution in [-0.4, -0.2) is 44.8 Å². The molecule has 172 valence electrons. The van der Waals surface area contributed by atoms with Crippen LogP contribution in [0.1, 0.15) is 50.5 Å². The Labute approximate surface area is 191 Å². The molecule has 0 saturated carbocycles. The van der Waals surface area contributed by atoms with Gasteiger partial charge in [-0.15, -0.1) is 0 Å². The summed E-state index contributed by atoms with van der Waals surface area (Å²) in [5, 5.41) is 2.99. The van der Waals surface area contributed by atoms with Crippen LogP contribution in [0, 0.1) is 0 Å². The minimum atomic E-state index is -3.44. The topological polar surface area (TPSA) is 69.7 Å². The molecule has 1 N–H and O–H groups in total. The van der Waals surface area contributed by atoms with Crippen molar-refractivity contribution in [2.24, 2.45) is 0 Å². The van der Waals surface area contributed by atoms with E-state index in [-0.39, 0.29) is 5.91 Å². The predicted molar refractivity (Wildman–Crippen MR) is 129 cm³/mol. The molecule has 2 aliphatic heterocycles. The number of rotatable bonds is 7. The standard InChI is InChI=1S/C25H33N3O3S/c29-25(26-22-8-7-9-23(20-22)27-16-5-6-17-27)15-12-21-10-13-24(14-11-21)32(30,31)28-18-3-1-2-4-19-28/h7-11,13-14,20H,1-6,12,15-19H2,(H,26,29). The van der Waals surface area contributed by atoms with Crippen LogP contribution in [0.15, 0.2) is 53.4 Å². The van der Waals surface area contributed by atoms with Crippen molar-refractivity contribution in [3.05, 3.63) is 54.1 Å². The third kappa shape index (κ3) is 5.70. The van der Waals surface area contributed by atoms with Crippen molar-refractivity contribution >= 4 is 27.3 Å². The molecule has 2 aliphatic rings. The van der Waals surface area contributed by atoms with Crippen LogP contribution in [0.3, 0.4) is 0 Å². The number of hydrogen-bond acceptors (Lipinski definition) is 4. The molecule has 32 heavy (non-hydrogen) atoms. The first-order valence-electron chi connectivity index (χ1n) is 11.8. The van der Waals surface area contributed by atoms with Gasteiger partial charge in [0, 0.05) is 44.0 Å². The molecule has 0 spiro atoms. The van der Waals surface area contributed by atoms with Gasteiger partial charge < -0.3 is 10.2 Å². The molecule has 1 amide bonds. The smallest absolute Gasteiger partial charge is 0.243 e. The van der Waals surface area contributed by atoms with Crippen molar-refractivity contribution in [2.45, 2.75) is 56.3 Å². The summed E-state index contributed by atoms with van der Waals surface area (Å²) in [4.78, 5) is 15.1. The van der Waals surface area contributed by atoms with E-state index in [0.717, 1.165) is 55.7 Å². The molecule has 4 rings (SSSR count). The fourth-order valence-corrected chi connectivity index (χ4v) is 6.01. The second kappa shape index (κ2) is 10.5. The molecule has 0 atom stereocenters. The number of nitrogens with one attached hydrogen (secondary N) is 1. The number of carbonyl (C=O) groups excluding carboxylic acids is 1. The molecule has 0 unspecified atom stereocenters. The van der Waals surface area contributed by atoms with E-state index in [9.17, 15) is 13.2 Å². The van der Waals surface area contributed by atoms with Crippen molar-refractivity contribution in [1.82, 2.24) is 4.31 Å². The summed E-state index contributed by atoms with van der Waals surface area (Å²) in [5.41, 5.74) is 2.93. The highest BCUT2D eigenvalue weighted by Crippen LogP contribution is 2.24. The number of benzene rings is 2. The number of aryl methyl sites for hydroxylation is 1. The maximum absolute atomic E-state index is 12.9. The maximum Gasteiger partial charge on any atom is 0.243 e. The summed E-state index contributed by atoms with van der Waals surface area (Å²) in [5.74, 6) is -0.0372. The summed E-state index contributed by atoms with van der Waals surface area (Å²) < 4.78 is 27.4. The third-order valence-corrected chi connectivity index (χ3v) is 8.28. The second-order valence-corrected chi connectivity index (χ2v) is 10.7. The van der Waals surface area contributed by atoms with Gasteiger partial charge in [-0.25, -0.2) is 8.42 Å². The van der Waals surface area contributed by atoms with Crippen LogP contribution in [0.2, 0.25) is 0 Å². The normalized spacial score (nSPS) is 17.8. The van der Waals surface area contributed by atoms with Gasteiger partial charge in [0.25, 0.3) is 0 Å². The van der Waals surface area contributed by atoms with Crippen LogP contribution in [0.25, 0.3) is 0 Å². The predicted octanol–water partition coefficient (Wildman–Crippen LogP) is 4.42. The Bertz CT molecular complexity index is 1010. The highest BCUT2D eigenvalue weighted by Gasteiger charge is 2.24. The zero-order chi connectivity index (χ0) is 22.4. The summed E-state index contributed by atoms with van der Waals surface area (Å²) in [6.45, 7) is 3.34. The molecule has 2 heterocycles. The van der Waals surface area contributed by atoms with E-state index in [1.807, 2.05) is 30.3 Å². The van der Waals surface area contributed by atoms with E-state index in [1.165, 1.54) is 12.8 Å². The quantitative estimate of drug-likeness (QED) is 0.671. The van der Waals surface area contributed by atoms with Crippen molar-refractivity contribution < 1.29 is 13.2 Å². The Morgan fingerprint density at radius 1 is 0.844 bits per heavy atom. The number of hydrogen-bond donors (Lipinski definition) is 1. The van der Waals surface area contributed by atoms with Crippen molar-refractivity contribution in [3.63, 3.8) is 0 Å². The first-order chi connectivity index (χ1) is 15.5. The minimum absolute atomic E-state index is 0.0372. The van der Waals surface area contributed by atoms with Crippen LogP contribution in [-0.2, 0) is 21.2 Å². The number of carbonyl (C=O) groups is 1. The monoisotopic (exact) mass is 455 g/mol. The van der Waals surface area contributed by atoms with Crippen LogP contribution in [0.5, 0.6) is 0 Å². The minimum Gasteiger partial charge on any atom is -0.371 e. The maximum atomic E-state index is 12.9. The molecule has 0 bridgehead atoms. The van der Waals surface area contributed by atoms with Crippen LogP contribution >= 0.6 is 0 Å². The van der Waals surface area contributed by atoms with Crippen molar-refractivity contribution in [2.75, 3.05) is 36.4 Å². The summed E-state index contributed by atoms with van der Waals surface area (Å²) in [6.07, 6.45) is 7.39. The van der Waals surface area contributed by atoms with E-state index in [2.05, 4.69) is 16.3 Å². The molecule has 2 saturated heterocycles. The molecular formula is C25H33N3O3S. The molecule has 7 heteroatoms. The summed E-state index contributed by atoms with van der Waals surface area (Å²) in [7, 11) is -3.44. The van der Waals surface area contributed by atoms with Gasteiger partial charge in [0.05, 0.1) is 4.90 Å². The Balaban J connectivity index is 1.31. The van der Waals surface area contributed by atoms with E-state index < -0.39 is 10.0 Å². The number of nitrogens with zero attached hydrogens (tertiary/aromatic N) is 2. The SMILES string of the molecule is O=C(CCc1ccc(S(=O)(=O)N2CCCCCC2)cc1)Nc1cccc(N2CCCC2)c1. The van der Waals surface area contributed by atoms with Gasteiger partial charge in [-0.3, -0.25) is 4.79 Å². The Hall–Kier alpha value is -2.38. The molecule has 0 radical (unpaired) electrons. The molecule has 0 aliphatic carbocycles. The molecule has 0 aromatic heterocycles. The van der Waals surface area contributed by atoms with E-state index in [4.69, 9.17) is 0 Å². The summed E-state index contributed by atoms with van der Waals surface area (Å²) in [6, 6.07) is 15.0. The van der Waals surface area contributed by atoms with Gasteiger partial charge in [-0.05, 0) is 68.0 Å². The van der Waals surface area contributed by atoms with Gasteiger partial charge in [0.15, 0.2) is 0 Å². The van der Waals surface area contributed by atoms with Crippen molar-refractivity contribution in [3.8, 4) is 0 Å². The molecular weight excluding hydrogens is 422 g/mol. The van der Waals surface area contributed by atoms with Gasteiger partial charge in [0.2, 0.25) is 15.9 Å². The number of anilines is 2. The van der Waals surface area contributed by atoms with E-state index >= 15 is 0 Å². The molecule has 2 fully saturated rings. The Kier molecular flexibility index (Phi) is 7.48. The lowest BCUT2D eigenvalue weighted by Crippen LogP contribution is -2.31. The van der Waals surface area contributed by atoms with Crippen molar-refractivity contribution in [1.29, 1.82) is 0 Å². The highest BCUT2D eigenvalue weighted by atomic mass is 32.2. The van der Waals surface area contributed by atoms with Gasteiger partial charge >= 0.3 is 0 Å².